The normalized spacial score (nSPS) is 19.9. The molecule has 3 aromatic rings. The van der Waals surface area contributed by atoms with Gasteiger partial charge in [0.2, 0.25) is 5.91 Å². The molecule has 208 valence electrons. The Balaban J connectivity index is 1.19. The van der Waals surface area contributed by atoms with E-state index in [0.717, 1.165) is 25.7 Å². The maximum atomic E-state index is 13.3. The SMILES string of the molecule is CCOc1ccc2c(c1)c(=O)n(CC1CCC(C(=O)N3CCN(C(=O)c4cncn4C)CC3)CC1)c(=O)n2C. The lowest BCUT2D eigenvalue weighted by molar-refractivity contribution is -0.138. The number of hydrogen-bond acceptors (Lipinski definition) is 6. The number of amides is 2. The van der Waals surface area contributed by atoms with Gasteiger partial charge in [0.05, 0.1) is 30.0 Å². The number of carbonyl (C=O) groups excluding carboxylic acids is 2. The van der Waals surface area contributed by atoms with Crippen molar-refractivity contribution < 1.29 is 14.3 Å². The van der Waals surface area contributed by atoms with Crippen LogP contribution in [0.3, 0.4) is 0 Å². The van der Waals surface area contributed by atoms with E-state index in [9.17, 15) is 19.2 Å². The number of piperazine rings is 1. The highest BCUT2D eigenvalue weighted by Gasteiger charge is 2.33. The van der Waals surface area contributed by atoms with Gasteiger partial charge >= 0.3 is 5.69 Å². The average molecular weight is 537 g/mol. The molecule has 0 unspecified atom stereocenters. The third kappa shape index (κ3) is 5.22. The molecule has 1 aliphatic heterocycles. The maximum Gasteiger partial charge on any atom is 0.331 e. The summed E-state index contributed by atoms with van der Waals surface area (Å²) < 4.78 is 10.1. The molecule has 11 nitrogen and oxygen atoms in total. The molecule has 5 rings (SSSR count). The minimum atomic E-state index is -0.326. The molecule has 0 bridgehead atoms. The van der Waals surface area contributed by atoms with Gasteiger partial charge in [-0.1, -0.05) is 0 Å². The van der Waals surface area contributed by atoms with Gasteiger partial charge in [-0.25, -0.2) is 9.78 Å². The lowest BCUT2D eigenvalue weighted by Gasteiger charge is -2.38. The van der Waals surface area contributed by atoms with E-state index in [-0.39, 0.29) is 34.9 Å². The van der Waals surface area contributed by atoms with Gasteiger partial charge in [0, 0.05) is 52.7 Å². The predicted octanol–water partition coefficient (Wildman–Crippen LogP) is 1.62. The minimum absolute atomic E-state index is 0.0632. The average Bonchev–Trinajstić information content (AvgIpc) is 3.39. The number of benzene rings is 1. The number of imidazole rings is 1. The van der Waals surface area contributed by atoms with Crippen LogP contribution in [0.5, 0.6) is 5.75 Å². The third-order valence-electron chi connectivity index (χ3n) is 8.18. The molecular weight excluding hydrogens is 500 g/mol. The Morgan fingerprint density at radius 2 is 1.69 bits per heavy atom. The number of fused-ring (bicyclic) bond motifs is 1. The molecule has 39 heavy (non-hydrogen) atoms. The summed E-state index contributed by atoms with van der Waals surface area (Å²) in [6, 6.07) is 5.22. The molecule has 3 heterocycles. The van der Waals surface area contributed by atoms with Crippen LogP contribution in [0.25, 0.3) is 10.9 Å². The summed E-state index contributed by atoms with van der Waals surface area (Å²) >= 11 is 0. The second kappa shape index (κ2) is 11.1. The molecule has 2 amide bonds. The molecule has 0 radical (unpaired) electrons. The van der Waals surface area contributed by atoms with Crippen LogP contribution in [0.2, 0.25) is 0 Å². The molecule has 2 aliphatic rings. The highest BCUT2D eigenvalue weighted by Crippen LogP contribution is 2.31. The number of rotatable bonds is 6. The van der Waals surface area contributed by atoms with E-state index in [1.54, 1.807) is 54.3 Å². The van der Waals surface area contributed by atoms with E-state index < -0.39 is 0 Å². The molecule has 11 heteroatoms. The first kappa shape index (κ1) is 26.7. The van der Waals surface area contributed by atoms with E-state index in [1.807, 2.05) is 11.8 Å². The number of aromatic nitrogens is 4. The second-order valence-corrected chi connectivity index (χ2v) is 10.6. The number of hydrogen-bond donors (Lipinski definition) is 0. The van der Waals surface area contributed by atoms with Gasteiger partial charge in [-0.2, -0.15) is 0 Å². The fraction of sp³-hybridized carbons (Fsp3) is 0.536. The zero-order chi connectivity index (χ0) is 27.7. The molecule has 1 aromatic carbocycles. The van der Waals surface area contributed by atoms with Crippen molar-refractivity contribution in [2.24, 2.45) is 25.9 Å². The molecule has 2 fully saturated rings. The Hall–Kier alpha value is -3.89. The third-order valence-corrected chi connectivity index (χ3v) is 8.18. The summed E-state index contributed by atoms with van der Waals surface area (Å²) in [5.74, 6) is 0.773. The van der Waals surface area contributed by atoms with Crippen LogP contribution in [-0.2, 0) is 25.4 Å². The van der Waals surface area contributed by atoms with Gasteiger partial charge in [-0.3, -0.25) is 23.5 Å². The Morgan fingerprint density at radius 1 is 1.00 bits per heavy atom. The summed E-state index contributed by atoms with van der Waals surface area (Å²) in [4.78, 5) is 60.0. The van der Waals surface area contributed by atoms with Crippen molar-refractivity contribution in [1.82, 2.24) is 28.5 Å². The lowest BCUT2D eigenvalue weighted by atomic mass is 9.81. The van der Waals surface area contributed by atoms with Crippen LogP contribution in [0.15, 0.2) is 40.3 Å². The lowest BCUT2D eigenvalue weighted by Crippen LogP contribution is -2.52. The standard InChI is InChI=1S/C28H36N6O5/c1-4-39-21-9-10-23-22(15-21)26(36)34(28(38)31(23)3)17-19-5-7-20(8-6-19)25(35)32-11-13-33(14-12-32)27(37)24-16-29-18-30(24)2/h9-10,15-16,18-20H,4-8,11-14,17H2,1-3H3. The summed E-state index contributed by atoms with van der Waals surface area (Å²) in [6.45, 7) is 4.77. The van der Waals surface area contributed by atoms with Crippen LogP contribution in [0, 0.1) is 11.8 Å². The number of aryl methyl sites for hydroxylation is 2. The van der Waals surface area contributed by atoms with E-state index >= 15 is 0 Å². The Morgan fingerprint density at radius 3 is 2.33 bits per heavy atom. The Bertz CT molecular complexity index is 1490. The van der Waals surface area contributed by atoms with Crippen molar-refractivity contribution >= 4 is 22.7 Å². The summed E-state index contributed by atoms with van der Waals surface area (Å²) in [5, 5.41) is 0.466. The maximum absolute atomic E-state index is 13.3. The summed E-state index contributed by atoms with van der Waals surface area (Å²) in [6.07, 6.45) is 6.20. The van der Waals surface area contributed by atoms with Crippen LogP contribution < -0.4 is 16.0 Å². The van der Waals surface area contributed by atoms with Crippen LogP contribution in [0.1, 0.15) is 43.1 Å². The van der Waals surface area contributed by atoms with Gasteiger partial charge in [-0.05, 0) is 56.7 Å². The molecular formula is C28H36N6O5. The van der Waals surface area contributed by atoms with Crippen LogP contribution in [0.4, 0.5) is 0 Å². The zero-order valence-corrected chi connectivity index (χ0v) is 22.8. The summed E-state index contributed by atoms with van der Waals surface area (Å²) in [7, 11) is 3.48. The monoisotopic (exact) mass is 536 g/mol. The number of nitrogens with zero attached hydrogens (tertiary/aromatic N) is 6. The number of carbonyl (C=O) groups is 2. The van der Waals surface area contributed by atoms with Gasteiger partial charge in [0.25, 0.3) is 11.5 Å². The topological polar surface area (TPSA) is 112 Å². The molecule has 1 saturated carbocycles. The Kier molecular flexibility index (Phi) is 7.58. The van der Waals surface area contributed by atoms with Crippen molar-refractivity contribution in [3.05, 3.63) is 57.3 Å². The van der Waals surface area contributed by atoms with Crippen molar-refractivity contribution in [3.63, 3.8) is 0 Å². The first-order chi connectivity index (χ1) is 18.8. The molecule has 0 N–H and O–H groups in total. The highest BCUT2D eigenvalue weighted by atomic mass is 16.5. The van der Waals surface area contributed by atoms with Crippen LogP contribution in [-0.4, -0.2) is 73.1 Å². The molecule has 0 spiro atoms. The van der Waals surface area contributed by atoms with Crippen molar-refractivity contribution in [2.75, 3.05) is 32.8 Å². The first-order valence-corrected chi connectivity index (χ1v) is 13.7. The quantitative estimate of drug-likeness (QED) is 0.473. The largest absolute Gasteiger partial charge is 0.494 e. The van der Waals surface area contributed by atoms with E-state index in [1.165, 1.54) is 9.13 Å². The fourth-order valence-electron chi connectivity index (χ4n) is 5.88. The van der Waals surface area contributed by atoms with Crippen molar-refractivity contribution in [3.8, 4) is 5.75 Å². The second-order valence-electron chi connectivity index (χ2n) is 10.6. The van der Waals surface area contributed by atoms with Gasteiger partial charge in [0.15, 0.2) is 0 Å². The molecule has 2 aromatic heterocycles. The van der Waals surface area contributed by atoms with Crippen molar-refractivity contribution in [1.29, 1.82) is 0 Å². The van der Waals surface area contributed by atoms with E-state index in [2.05, 4.69) is 4.98 Å². The Labute approximate surface area is 226 Å². The molecule has 0 atom stereocenters. The summed E-state index contributed by atoms with van der Waals surface area (Å²) in [5.41, 5.74) is 0.504. The van der Waals surface area contributed by atoms with Gasteiger partial charge < -0.3 is 19.1 Å². The first-order valence-electron chi connectivity index (χ1n) is 13.7. The molecule has 1 aliphatic carbocycles. The van der Waals surface area contributed by atoms with E-state index in [4.69, 9.17) is 4.74 Å². The minimum Gasteiger partial charge on any atom is -0.494 e. The van der Waals surface area contributed by atoms with Gasteiger partial charge in [-0.15, -0.1) is 0 Å². The zero-order valence-electron chi connectivity index (χ0n) is 22.8. The predicted molar refractivity (Wildman–Crippen MR) is 146 cm³/mol. The van der Waals surface area contributed by atoms with Crippen LogP contribution >= 0.6 is 0 Å². The van der Waals surface area contributed by atoms with Gasteiger partial charge in [0.1, 0.15) is 11.4 Å². The number of ether oxygens (including phenoxy) is 1. The molecule has 1 saturated heterocycles. The highest BCUT2D eigenvalue weighted by molar-refractivity contribution is 5.92. The fourth-order valence-corrected chi connectivity index (χ4v) is 5.88. The van der Waals surface area contributed by atoms with Crippen molar-refractivity contribution in [2.45, 2.75) is 39.2 Å². The van der Waals surface area contributed by atoms with E-state index in [0.29, 0.717) is 61.7 Å². The smallest absolute Gasteiger partial charge is 0.331 e.